The molecule has 5 heteroatoms. The minimum Gasteiger partial charge on any atom is -0.489 e. The fourth-order valence-corrected chi connectivity index (χ4v) is 2.88. The lowest BCUT2D eigenvalue weighted by Crippen LogP contribution is -2.24. The Balaban J connectivity index is 2.32. The molecule has 128 valence electrons. The van der Waals surface area contributed by atoms with Crippen molar-refractivity contribution in [3.05, 3.63) is 58.7 Å². The maximum absolute atomic E-state index is 11.8. The molecule has 1 amide bonds. The van der Waals surface area contributed by atoms with Crippen molar-refractivity contribution in [1.29, 1.82) is 0 Å². The predicted octanol–water partition coefficient (Wildman–Crippen LogP) is 5.12. The summed E-state index contributed by atoms with van der Waals surface area (Å²) in [6.45, 7) is 6.38. The standard InChI is InChI=1S/C19H23NO3S/c1-5-15-7-6-8-17(20(22)19(21)24-4)16(15)12-23-18-10-9-13(2)11-14(18)3/h6-11,22H,5,12H2,1-4H3. The molecule has 0 aliphatic heterocycles. The number of hydrogen-bond donors (Lipinski definition) is 1. The SMILES string of the molecule is CCc1cccc(N(O)C(=O)SC)c1COc1ccc(C)cc1C. The molecule has 0 aliphatic rings. The zero-order valence-electron chi connectivity index (χ0n) is 14.5. The van der Waals surface area contributed by atoms with E-state index in [1.165, 1.54) is 5.56 Å². The smallest absolute Gasteiger partial charge is 0.309 e. The largest absolute Gasteiger partial charge is 0.489 e. The Labute approximate surface area is 147 Å². The van der Waals surface area contributed by atoms with Crippen molar-refractivity contribution in [2.75, 3.05) is 11.3 Å². The van der Waals surface area contributed by atoms with Gasteiger partial charge in [-0.25, -0.2) is 0 Å². The fraction of sp³-hybridized carbons (Fsp3) is 0.316. The third-order valence-corrected chi connectivity index (χ3v) is 4.43. The number of benzene rings is 2. The first kappa shape index (κ1) is 18.4. The lowest BCUT2D eigenvalue weighted by atomic mass is 10.0. The number of nitrogens with zero attached hydrogens (tertiary/aromatic N) is 1. The van der Waals surface area contributed by atoms with Gasteiger partial charge in [-0.05, 0) is 49.8 Å². The average Bonchev–Trinajstić information content (AvgIpc) is 2.59. The molecule has 0 unspecified atom stereocenters. The summed E-state index contributed by atoms with van der Waals surface area (Å²) in [5.41, 5.74) is 4.58. The number of anilines is 1. The molecule has 24 heavy (non-hydrogen) atoms. The molecular formula is C19H23NO3S. The summed E-state index contributed by atoms with van der Waals surface area (Å²) in [5.74, 6) is 0.804. The van der Waals surface area contributed by atoms with Crippen LogP contribution in [0.2, 0.25) is 0 Å². The van der Waals surface area contributed by atoms with Crippen LogP contribution in [0.15, 0.2) is 36.4 Å². The summed E-state index contributed by atoms with van der Waals surface area (Å²) in [4.78, 5) is 11.8. The number of thioether (sulfide) groups is 1. The Bertz CT molecular complexity index is 731. The van der Waals surface area contributed by atoms with Crippen molar-refractivity contribution in [2.45, 2.75) is 33.8 Å². The fourth-order valence-electron chi connectivity index (χ4n) is 2.61. The Morgan fingerprint density at radius 3 is 2.62 bits per heavy atom. The Hall–Kier alpha value is -1.98. The first-order valence-corrected chi connectivity index (χ1v) is 9.08. The maximum atomic E-state index is 11.8. The number of rotatable bonds is 5. The summed E-state index contributed by atoms with van der Waals surface area (Å²) in [6.07, 6.45) is 2.43. The molecule has 2 aromatic carbocycles. The van der Waals surface area contributed by atoms with Gasteiger partial charge in [0.2, 0.25) is 0 Å². The van der Waals surface area contributed by atoms with Crippen molar-refractivity contribution in [3.8, 4) is 5.75 Å². The van der Waals surface area contributed by atoms with E-state index in [0.29, 0.717) is 17.4 Å². The van der Waals surface area contributed by atoms with Crippen molar-refractivity contribution in [2.24, 2.45) is 0 Å². The number of aryl methyl sites for hydroxylation is 3. The molecule has 0 aliphatic carbocycles. The van der Waals surface area contributed by atoms with Gasteiger partial charge in [0.1, 0.15) is 12.4 Å². The molecule has 0 saturated heterocycles. The highest BCUT2D eigenvalue weighted by molar-refractivity contribution is 8.13. The van der Waals surface area contributed by atoms with Gasteiger partial charge in [0.25, 0.3) is 0 Å². The molecule has 0 aromatic heterocycles. The van der Waals surface area contributed by atoms with Crippen LogP contribution >= 0.6 is 11.8 Å². The lowest BCUT2D eigenvalue weighted by Gasteiger charge is -2.20. The van der Waals surface area contributed by atoms with Gasteiger partial charge in [0, 0.05) is 5.56 Å². The highest BCUT2D eigenvalue weighted by Gasteiger charge is 2.18. The van der Waals surface area contributed by atoms with Gasteiger partial charge in [-0.3, -0.25) is 10.0 Å². The third-order valence-electron chi connectivity index (χ3n) is 3.91. The highest BCUT2D eigenvalue weighted by Crippen LogP contribution is 2.28. The van der Waals surface area contributed by atoms with Crippen LogP contribution in [0.3, 0.4) is 0 Å². The highest BCUT2D eigenvalue weighted by atomic mass is 32.2. The topological polar surface area (TPSA) is 49.8 Å². The third kappa shape index (κ3) is 4.10. The van der Waals surface area contributed by atoms with Crippen LogP contribution in [-0.4, -0.2) is 16.7 Å². The van der Waals surface area contributed by atoms with E-state index in [2.05, 4.69) is 6.07 Å². The van der Waals surface area contributed by atoms with Gasteiger partial charge >= 0.3 is 5.24 Å². The number of hydroxylamine groups is 1. The first-order valence-electron chi connectivity index (χ1n) is 7.85. The maximum Gasteiger partial charge on any atom is 0.309 e. The number of ether oxygens (including phenoxy) is 1. The van der Waals surface area contributed by atoms with Gasteiger partial charge in [-0.15, -0.1) is 0 Å². The van der Waals surface area contributed by atoms with Gasteiger partial charge in [-0.2, -0.15) is 5.06 Å². The number of carbonyl (C=O) groups excluding carboxylic acids is 1. The minimum atomic E-state index is -0.420. The molecular weight excluding hydrogens is 322 g/mol. The number of amides is 1. The normalized spacial score (nSPS) is 10.5. The molecule has 0 heterocycles. The molecule has 0 fully saturated rings. The molecule has 0 atom stereocenters. The quantitative estimate of drug-likeness (QED) is 0.603. The Kier molecular flexibility index (Phi) is 6.29. The molecule has 2 aromatic rings. The summed E-state index contributed by atoms with van der Waals surface area (Å²) in [5, 5.41) is 10.5. The second-order valence-electron chi connectivity index (χ2n) is 5.61. The predicted molar refractivity (Wildman–Crippen MR) is 99.2 cm³/mol. The molecule has 0 radical (unpaired) electrons. The summed E-state index contributed by atoms with van der Waals surface area (Å²) < 4.78 is 5.97. The van der Waals surface area contributed by atoms with Gasteiger partial charge in [-0.1, -0.05) is 48.5 Å². The van der Waals surface area contributed by atoms with Gasteiger partial charge in [0.05, 0.1) is 5.69 Å². The van der Waals surface area contributed by atoms with Crippen LogP contribution < -0.4 is 9.80 Å². The summed E-state index contributed by atoms with van der Waals surface area (Å²) in [6, 6.07) is 11.6. The average molecular weight is 345 g/mol. The first-order chi connectivity index (χ1) is 11.5. The number of hydrogen-bond acceptors (Lipinski definition) is 4. The minimum absolute atomic E-state index is 0.294. The number of carbonyl (C=O) groups is 1. The van der Waals surface area contributed by atoms with Gasteiger partial charge < -0.3 is 4.74 Å². The van der Waals surface area contributed by atoms with E-state index in [0.717, 1.165) is 40.6 Å². The Morgan fingerprint density at radius 1 is 1.25 bits per heavy atom. The molecule has 4 nitrogen and oxygen atoms in total. The van der Waals surface area contributed by atoms with E-state index in [4.69, 9.17) is 4.74 Å². The zero-order valence-corrected chi connectivity index (χ0v) is 15.3. The second-order valence-corrected chi connectivity index (χ2v) is 6.37. The van der Waals surface area contributed by atoms with E-state index in [9.17, 15) is 10.0 Å². The van der Waals surface area contributed by atoms with Gasteiger partial charge in [0.15, 0.2) is 0 Å². The van der Waals surface area contributed by atoms with E-state index in [1.807, 2.05) is 45.0 Å². The van der Waals surface area contributed by atoms with E-state index >= 15 is 0 Å². The van der Waals surface area contributed by atoms with Crippen molar-refractivity contribution < 1.29 is 14.7 Å². The van der Waals surface area contributed by atoms with Crippen LogP contribution in [0.1, 0.15) is 29.2 Å². The van der Waals surface area contributed by atoms with Crippen LogP contribution in [0, 0.1) is 13.8 Å². The Morgan fingerprint density at radius 2 is 2.00 bits per heavy atom. The summed E-state index contributed by atoms with van der Waals surface area (Å²) >= 11 is 0.965. The van der Waals surface area contributed by atoms with Crippen LogP contribution in [0.5, 0.6) is 5.75 Å². The van der Waals surface area contributed by atoms with Crippen molar-refractivity contribution >= 4 is 22.7 Å². The summed E-state index contributed by atoms with van der Waals surface area (Å²) in [7, 11) is 0. The monoisotopic (exact) mass is 345 g/mol. The molecule has 1 N–H and O–H groups in total. The zero-order chi connectivity index (χ0) is 17.7. The van der Waals surface area contributed by atoms with Crippen molar-refractivity contribution in [3.63, 3.8) is 0 Å². The van der Waals surface area contributed by atoms with E-state index < -0.39 is 5.24 Å². The molecule has 2 rings (SSSR count). The van der Waals surface area contributed by atoms with Crippen molar-refractivity contribution in [1.82, 2.24) is 0 Å². The molecule has 0 spiro atoms. The van der Waals surface area contributed by atoms with E-state index in [-0.39, 0.29) is 0 Å². The van der Waals surface area contributed by atoms with E-state index in [1.54, 1.807) is 12.3 Å². The second kappa shape index (κ2) is 8.22. The van der Waals surface area contributed by atoms with Crippen LogP contribution in [0.25, 0.3) is 0 Å². The molecule has 0 bridgehead atoms. The molecule has 0 saturated carbocycles. The van der Waals surface area contributed by atoms with Crippen LogP contribution in [-0.2, 0) is 13.0 Å². The van der Waals surface area contributed by atoms with Crippen LogP contribution in [0.4, 0.5) is 10.5 Å². The lowest BCUT2D eigenvalue weighted by molar-refractivity contribution is 0.223.